The number of amides is 1. The summed E-state index contributed by atoms with van der Waals surface area (Å²) in [6.07, 6.45) is 1.82. The molecule has 1 aromatic heterocycles. The topological polar surface area (TPSA) is 46.9 Å². The average Bonchev–Trinajstić information content (AvgIpc) is 2.79. The Morgan fingerprint density at radius 1 is 1.33 bits per heavy atom. The second-order valence-electron chi connectivity index (χ2n) is 4.07. The van der Waals surface area contributed by atoms with Gasteiger partial charge in [-0.25, -0.2) is 0 Å². The van der Waals surface area contributed by atoms with Crippen LogP contribution in [-0.4, -0.2) is 21.6 Å². The maximum atomic E-state index is 11.1. The summed E-state index contributed by atoms with van der Waals surface area (Å²) in [5, 5.41) is 6.85. The summed E-state index contributed by atoms with van der Waals surface area (Å²) in [5.41, 5.74) is 2.40. The van der Waals surface area contributed by atoms with Crippen LogP contribution >= 0.6 is 11.6 Å². The number of aromatic nitrogens is 2. The number of alkyl halides is 1. The van der Waals surface area contributed by atoms with E-state index in [-0.39, 0.29) is 11.8 Å². The number of carbonyl (C=O) groups is 1. The predicted molar refractivity (Wildman–Crippen MR) is 71.9 cm³/mol. The van der Waals surface area contributed by atoms with Crippen LogP contribution in [0.1, 0.15) is 11.1 Å². The molecule has 2 rings (SSSR count). The van der Waals surface area contributed by atoms with Crippen LogP contribution in [0.25, 0.3) is 0 Å². The molecule has 94 valence electrons. The van der Waals surface area contributed by atoms with Gasteiger partial charge in [0.15, 0.2) is 5.82 Å². The molecule has 0 bridgehead atoms. The van der Waals surface area contributed by atoms with E-state index in [9.17, 15) is 4.79 Å². The molecule has 1 N–H and O–H groups in total. The Kier molecular flexibility index (Phi) is 3.99. The highest BCUT2D eigenvalue weighted by Gasteiger charge is 2.03. The van der Waals surface area contributed by atoms with Crippen molar-refractivity contribution in [2.24, 2.45) is 0 Å². The number of nitrogens with one attached hydrogen (secondary N) is 1. The molecular formula is C13H14ClN3O. The summed E-state index contributed by atoms with van der Waals surface area (Å²) in [4.78, 5) is 11.1. The van der Waals surface area contributed by atoms with Crippen molar-refractivity contribution in [1.82, 2.24) is 9.78 Å². The normalized spacial score (nSPS) is 10.3. The van der Waals surface area contributed by atoms with Crippen molar-refractivity contribution < 1.29 is 4.79 Å². The number of hydrogen-bond acceptors (Lipinski definition) is 2. The van der Waals surface area contributed by atoms with Gasteiger partial charge in [0.1, 0.15) is 5.88 Å². The third kappa shape index (κ3) is 3.34. The van der Waals surface area contributed by atoms with Crippen molar-refractivity contribution >= 4 is 23.3 Å². The van der Waals surface area contributed by atoms with E-state index in [1.807, 2.05) is 6.20 Å². The van der Waals surface area contributed by atoms with E-state index in [2.05, 4.69) is 41.6 Å². The Hall–Kier alpha value is -1.81. The van der Waals surface area contributed by atoms with Crippen LogP contribution in [0, 0.1) is 6.92 Å². The Bertz CT molecular complexity index is 533. The smallest absolute Gasteiger partial charge is 0.240 e. The van der Waals surface area contributed by atoms with Gasteiger partial charge in [0, 0.05) is 12.3 Å². The SMILES string of the molecule is Cc1ccc(Cn2ccc(NC(=O)CCl)n2)cc1. The molecule has 0 aliphatic rings. The average molecular weight is 264 g/mol. The number of halogens is 1. The highest BCUT2D eigenvalue weighted by atomic mass is 35.5. The molecular weight excluding hydrogens is 250 g/mol. The second-order valence-corrected chi connectivity index (χ2v) is 4.33. The number of hydrogen-bond donors (Lipinski definition) is 1. The summed E-state index contributed by atoms with van der Waals surface area (Å²) in [6, 6.07) is 10.0. The van der Waals surface area contributed by atoms with E-state index in [1.54, 1.807) is 10.7 Å². The monoisotopic (exact) mass is 263 g/mol. The molecule has 0 atom stereocenters. The maximum Gasteiger partial charge on any atom is 0.240 e. The maximum absolute atomic E-state index is 11.1. The van der Waals surface area contributed by atoms with Crippen LogP contribution in [0.15, 0.2) is 36.5 Å². The molecule has 1 amide bonds. The summed E-state index contributed by atoms with van der Waals surface area (Å²) in [7, 11) is 0. The molecule has 2 aromatic rings. The molecule has 0 unspecified atom stereocenters. The lowest BCUT2D eigenvalue weighted by molar-refractivity contribution is -0.113. The van der Waals surface area contributed by atoms with Gasteiger partial charge in [0.25, 0.3) is 0 Å². The van der Waals surface area contributed by atoms with E-state index in [4.69, 9.17) is 11.6 Å². The van der Waals surface area contributed by atoms with E-state index in [1.165, 1.54) is 11.1 Å². The number of anilines is 1. The third-order valence-corrected chi connectivity index (χ3v) is 2.74. The lowest BCUT2D eigenvalue weighted by Gasteiger charge is -2.02. The molecule has 0 radical (unpaired) electrons. The van der Waals surface area contributed by atoms with Crippen LogP contribution in [-0.2, 0) is 11.3 Å². The van der Waals surface area contributed by atoms with Crippen LogP contribution in [0.4, 0.5) is 5.82 Å². The molecule has 0 aliphatic heterocycles. The van der Waals surface area contributed by atoms with E-state index >= 15 is 0 Å². The van der Waals surface area contributed by atoms with Gasteiger partial charge in [-0.1, -0.05) is 29.8 Å². The number of nitrogens with zero attached hydrogens (tertiary/aromatic N) is 2. The highest BCUT2D eigenvalue weighted by molar-refractivity contribution is 6.28. The van der Waals surface area contributed by atoms with Crippen LogP contribution in [0.5, 0.6) is 0 Å². The summed E-state index contributed by atoms with van der Waals surface area (Å²) in [5.74, 6) is 0.204. The molecule has 18 heavy (non-hydrogen) atoms. The van der Waals surface area contributed by atoms with Gasteiger partial charge >= 0.3 is 0 Å². The minimum atomic E-state index is -0.253. The first kappa shape index (κ1) is 12.6. The molecule has 0 saturated carbocycles. The molecule has 5 heteroatoms. The Morgan fingerprint density at radius 3 is 2.72 bits per heavy atom. The van der Waals surface area contributed by atoms with Gasteiger partial charge in [0.05, 0.1) is 6.54 Å². The van der Waals surface area contributed by atoms with Crippen LogP contribution in [0.3, 0.4) is 0 Å². The third-order valence-electron chi connectivity index (χ3n) is 2.49. The zero-order valence-electron chi connectivity index (χ0n) is 10.1. The highest BCUT2D eigenvalue weighted by Crippen LogP contribution is 2.08. The summed E-state index contributed by atoms with van der Waals surface area (Å²) in [6.45, 7) is 2.73. The first-order chi connectivity index (χ1) is 8.67. The van der Waals surface area contributed by atoms with Crippen molar-refractivity contribution in [2.45, 2.75) is 13.5 Å². The first-order valence-electron chi connectivity index (χ1n) is 5.62. The van der Waals surface area contributed by atoms with Gasteiger partial charge in [-0.05, 0) is 12.5 Å². The Labute approximate surface area is 111 Å². The minimum absolute atomic E-state index is 0.0647. The Balaban J connectivity index is 2.02. The lowest BCUT2D eigenvalue weighted by Crippen LogP contribution is -2.13. The van der Waals surface area contributed by atoms with Crippen molar-refractivity contribution in [2.75, 3.05) is 11.2 Å². The van der Waals surface area contributed by atoms with Crippen molar-refractivity contribution in [3.8, 4) is 0 Å². The zero-order chi connectivity index (χ0) is 13.0. The zero-order valence-corrected chi connectivity index (χ0v) is 10.8. The van der Waals surface area contributed by atoms with Crippen molar-refractivity contribution in [3.05, 3.63) is 47.7 Å². The van der Waals surface area contributed by atoms with Gasteiger partial charge in [0.2, 0.25) is 5.91 Å². The molecule has 0 fully saturated rings. The van der Waals surface area contributed by atoms with Crippen molar-refractivity contribution in [3.63, 3.8) is 0 Å². The largest absolute Gasteiger partial charge is 0.308 e. The first-order valence-corrected chi connectivity index (χ1v) is 6.15. The predicted octanol–water partition coefficient (Wildman–Crippen LogP) is 2.42. The summed E-state index contributed by atoms with van der Waals surface area (Å²) >= 11 is 5.41. The van der Waals surface area contributed by atoms with Crippen molar-refractivity contribution in [1.29, 1.82) is 0 Å². The number of aryl methyl sites for hydroxylation is 1. The van der Waals surface area contributed by atoms with Crippen LogP contribution < -0.4 is 5.32 Å². The fourth-order valence-corrected chi connectivity index (χ4v) is 1.64. The molecule has 0 aliphatic carbocycles. The standard InChI is InChI=1S/C13H14ClN3O/c1-10-2-4-11(5-3-10)9-17-7-6-12(16-17)15-13(18)8-14/h2-7H,8-9H2,1H3,(H,15,16,18). The number of carbonyl (C=O) groups excluding carboxylic acids is 1. The molecule has 1 heterocycles. The van der Waals surface area contributed by atoms with Gasteiger partial charge in [-0.2, -0.15) is 5.10 Å². The molecule has 0 saturated heterocycles. The van der Waals surface area contributed by atoms with E-state index < -0.39 is 0 Å². The minimum Gasteiger partial charge on any atom is -0.308 e. The number of benzene rings is 1. The fourth-order valence-electron chi connectivity index (χ4n) is 1.57. The van der Waals surface area contributed by atoms with Gasteiger partial charge in [-0.3, -0.25) is 9.48 Å². The Morgan fingerprint density at radius 2 is 2.06 bits per heavy atom. The van der Waals surface area contributed by atoms with Crippen LogP contribution in [0.2, 0.25) is 0 Å². The second kappa shape index (κ2) is 5.69. The van der Waals surface area contributed by atoms with Gasteiger partial charge < -0.3 is 5.32 Å². The number of rotatable bonds is 4. The molecule has 1 aromatic carbocycles. The van der Waals surface area contributed by atoms with E-state index in [0.29, 0.717) is 12.4 Å². The molecule has 4 nitrogen and oxygen atoms in total. The quantitative estimate of drug-likeness (QED) is 0.861. The van der Waals surface area contributed by atoms with E-state index in [0.717, 1.165) is 0 Å². The van der Waals surface area contributed by atoms with Gasteiger partial charge in [-0.15, -0.1) is 11.6 Å². The lowest BCUT2D eigenvalue weighted by atomic mass is 10.1. The molecule has 0 spiro atoms. The fraction of sp³-hybridized carbons (Fsp3) is 0.231. The summed E-state index contributed by atoms with van der Waals surface area (Å²) < 4.78 is 1.77.